The number of terminal acetylenes is 1. The van der Waals surface area contributed by atoms with Crippen LogP contribution in [0.15, 0.2) is 48.9 Å². The van der Waals surface area contributed by atoms with Gasteiger partial charge in [0.05, 0.1) is 11.3 Å². The van der Waals surface area contributed by atoms with E-state index in [1.165, 1.54) is 11.1 Å². The number of benzene rings is 1. The van der Waals surface area contributed by atoms with Crippen LogP contribution in [0.1, 0.15) is 38.3 Å². The molecule has 0 spiro atoms. The average molecular weight is 395 g/mol. The molecule has 148 valence electrons. The summed E-state index contributed by atoms with van der Waals surface area (Å²) in [6.45, 7) is 1.10. The van der Waals surface area contributed by atoms with Crippen LogP contribution < -0.4 is 5.32 Å². The van der Waals surface area contributed by atoms with E-state index in [2.05, 4.69) is 45.5 Å². The SMILES string of the molecule is C#Cc1cncc(C(=O)N2CCc3nc(NC4Cc5ccccc5C4)ncc3C2)c1. The second kappa shape index (κ2) is 7.60. The predicted octanol–water partition coefficient (Wildman–Crippen LogP) is 2.63. The number of anilines is 1. The first-order chi connectivity index (χ1) is 14.7. The van der Waals surface area contributed by atoms with E-state index in [4.69, 9.17) is 11.4 Å². The van der Waals surface area contributed by atoms with E-state index in [0.717, 1.165) is 24.1 Å². The van der Waals surface area contributed by atoms with Crippen LogP contribution >= 0.6 is 0 Å². The molecule has 6 heteroatoms. The Hall–Kier alpha value is -3.72. The van der Waals surface area contributed by atoms with Gasteiger partial charge >= 0.3 is 0 Å². The van der Waals surface area contributed by atoms with Gasteiger partial charge in [-0.2, -0.15) is 0 Å². The van der Waals surface area contributed by atoms with Crippen LogP contribution in [-0.2, 0) is 25.8 Å². The van der Waals surface area contributed by atoms with Crippen molar-refractivity contribution in [3.05, 3.63) is 82.4 Å². The summed E-state index contributed by atoms with van der Waals surface area (Å²) in [5.41, 5.74) is 5.88. The maximum Gasteiger partial charge on any atom is 0.255 e. The summed E-state index contributed by atoms with van der Waals surface area (Å²) < 4.78 is 0. The van der Waals surface area contributed by atoms with Crippen LogP contribution in [0.3, 0.4) is 0 Å². The number of fused-ring (bicyclic) bond motifs is 2. The number of hydrogen-bond donors (Lipinski definition) is 1. The normalized spacial score (nSPS) is 15.2. The molecule has 3 heterocycles. The topological polar surface area (TPSA) is 71.0 Å². The first-order valence-corrected chi connectivity index (χ1v) is 10.1. The zero-order valence-corrected chi connectivity index (χ0v) is 16.5. The van der Waals surface area contributed by atoms with Crippen LogP contribution in [0.2, 0.25) is 0 Å². The lowest BCUT2D eigenvalue weighted by Gasteiger charge is -2.28. The van der Waals surface area contributed by atoms with Crippen molar-refractivity contribution in [3.8, 4) is 12.3 Å². The molecular weight excluding hydrogens is 374 g/mol. The second-order valence-corrected chi connectivity index (χ2v) is 7.77. The quantitative estimate of drug-likeness (QED) is 0.691. The van der Waals surface area contributed by atoms with Gasteiger partial charge < -0.3 is 10.2 Å². The minimum Gasteiger partial charge on any atom is -0.351 e. The molecule has 0 atom stereocenters. The zero-order valence-electron chi connectivity index (χ0n) is 16.5. The Bertz CT molecular complexity index is 1140. The van der Waals surface area contributed by atoms with Crippen molar-refractivity contribution in [1.82, 2.24) is 19.9 Å². The summed E-state index contributed by atoms with van der Waals surface area (Å²) in [5, 5.41) is 3.48. The Morgan fingerprint density at radius 3 is 2.70 bits per heavy atom. The van der Waals surface area contributed by atoms with Crippen molar-refractivity contribution < 1.29 is 4.79 Å². The number of hydrogen-bond acceptors (Lipinski definition) is 5. The first kappa shape index (κ1) is 18.3. The molecule has 3 aromatic rings. The standard InChI is InChI=1S/C24H21N5O/c1-2-16-9-19(13-25-12-16)23(30)29-8-7-22-20(15-29)14-26-24(28-22)27-21-10-17-5-3-4-6-18(17)11-21/h1,3-6,9,12-14,21H,7-8,10-11,15H2,(H,26,27,28). The molecular formula is C24H21N5O. The molecule has 1 aliphatic heterocycles. The maximum atomic E-state index is 12.8. The Labute approximate surface area is 175 Å². The van der Waals surface area contributed by atoms with E-state index in [1.807, 2.05) is 6.20 Å². The average Bonchev–Trinajstić information content (AvgIpc) is 3.20. The van der Waals surface area contributed by atoms with Crippen molar-refractivity contribution >= 4 is 11.9 Å². The van der Waals surface area contributed by atoms with Crippen LogP contribution in [0.5, 0.6) is 0 Å². The van der Waals surface area contributed by atoms with Crippen molar-refractivity contribution in [2.75, 3.05) is 11.9 Å². The molecule has 0 saturated heterocycles. The summed E-state index contributed by atoms with van der Waals surface area (Å²) in [6.07, 6.45) is 13.1. The first-order valence-electron chi connectivity index (χ1n) is 10.1. The molecule has 1 aliphatic carbocycles. The van der Waals surface area contributed by atoms with E-state index in [-0.39, 0.29) is 5.91 Å². The largest absolute Gasteiger partial charge is 0.351 e. The number of carbonyl (C=O) groups is 1. The molecule has 0 fully saturated rings. The Balaban J connectivity index is 1.27. The monoisotopic (exact) mass is 395 g/mol. The minimum atomic E-state index is -0.0730. The third-order valence-electron chi connectivity index (χ3n) is 5.76. The summed E-state index contributed by atoms with van der Waals surface area (Å²) in [4.78, 5) is 28.0. The van der Waals surface area contributed by atoms with Gasteiger partial charge in [-0.15, -0.1) is 6.42 Å². The molecule has 5 rings (SSSR count). The molecule has 0 bridgehead atoms. The fraction of sp³-hybridized carbons (Fsp3) is 0.250. The summed E-state index contributed by atoms with van der Waals surface area (Å²) in [5.74, 6) is 3.11. The molecule has 0 unspecified atom stereocenters. The lowest BCUT2D eigenvalue weighted by Crippen LogP contribution is -2.36. The van der Waals surface area contributed by atoms with E-state index >= 15 is 0 Å². The maximum absolute atomic E-state index is 12.8. The van der Waals surface area contributed by atoms with Crippen molar-refractivity contribution in [1.29, 1.82) is 0 Å². The van der Waals surface area contributed by atoms with E-state index < -0.39 is 0 Å². The van der Waals surface area contributed by atoms with Gasteiger partial charge in [-0.3, -0.25) is 9.78 Å². The number of pyridine rings is 1. The van der Waals surface area contributed by atoms with Gasteiger partial charge in [0.25, 0.3) is 5.91 Å². The fourth-order valence-electron chi connectivity index (χ4n) is 4.22. The number of carbonyl (C=O) groups excluding carboxylic acids is 1. The van der Waals surface area contributed by atoms with Crippen molar-refractivity contribution in [2.45, 2.75) is 31.8 Å². The highest BCUT2D eigenvalue weighted by molar-refractivity contribution is 5.94. The smallest absolute Gasteiger partial charge is 0.255 e. The van der Waals surface area contributed by atoms with Crippen molar-refractivity contribution in [2.24, 2.45) is 0 Å². The molecule has 0 radical (unpaired) electrons. The fourth-order valence-corrected chi connectivity index (χ4v) is 4.22. The molecule has 1 aromatic carbocycles. The molecule has 0 saturated carbocycles. The molecule has 1 N–H and O–H groups in total. The predicted molar refractivity (Wildman–Crippen MR) is 114 cm³/mol. The lowest BCUT2D eigenvalue weighted by molar-refractivity contribution is 0.0733. The van der Waals surface area contributed by atoms with Gasteiger partial charge in [-0.25, -0.2) is 9.97 Å². The highest BCUT2D eigenvalue weighted by Crippen LogP contribution is 2.25. The zero-order chi connectivity index (χ0) is 20.5. The highest BCUT2D eigenvalue weighted by Gasteiger charge is 2.25. The number of nitrogens with zero attached hydrogens (tertiary/aromatic N) is 4. The third-order valence-corrected chi connectivity index (χ3v) is 5.76. The van der Waals surface area contributed by atoms with Crippen LogP contribution in [0.4, 0.5) is 5.95 Å². The minimum absolute atomic E-state index is 0.0730. The van der Waals surface area contributed by atoms with Gasteiger partial charge in [-0.1, -0.05) is 30.2 Å². The Kier molecular flexibility index (Phi) is 4.64. The second-order valence-electron chi connectivity index (χ2n) is 7.77. The number of aromatic nitrogens is 3. The van der Waals surface area contributed by atoms with Gasteiger partial charge in [0.15, 0.2) is 0 Å². The number of amides is 1. The summed E-state index contributed by atoms with van der Waals surface area (Å²) >= 11 is 0. The van der Waals surface area contributed by atoms with Gasteiger partial charge in [0.2, 0.25) is 5.95 Å². The Morgan fingerprint density at radius 1 is 1.13 bits per heavy atom. The molecule has 6 nitrogen and oxygen atoms in total. The molecule has 2 aliphatic rings. The van der Waals surface area contributed by atoms with Crippen LogP contribution in [0.25, 0.3) is 0 Å². The summed E-state index contributed by atoms with van der Waals surface area (Å²) in [7, 11) is 0. The number of rotatable bonds is 3. The molecule has 2 aromatic heterocycles. The van der Waals surface area contributed by atoms with Gasteiger partial charge in [-0.05, 0) is 30.0 Å². The van der Waals surface area contributed by atoms with Crippen LogP contribution in [-0.4, -0.2) is 38.3 Å². The third kappa shape index (κ3) is 3.50. The van der Waals surface area contributed by atoms with Crippen LogP contribution in [0, 0.1) is 12.3 Å². The molecule has 1 amide bonds. The van der Waals surface area contributed by atoms with Gasteiger partial charge in [0.1, 0.15) is 0 Å². The van der Waals surface area contributed by atoms with E-state index in [1.54, 1.807) is 23.4 Å². The number of nitrogens with one attached hydrogen (secondary N) is 1. The van der Waals surface area contributed by atoms with Gasteiger partial charge in [0, 0.05) is 55.3 Å². The Morgan fingerprint density at radius 2 is 1.93 bits per heavy atom. The van der Waals surface area contributed by atoms with E-state index in [9.17, 15) is 4.79 Å². The highest BCUT2D eigenvalue weighted by atomic mass is 16.2. The molecule has 30 heavy (non-hydrogen) atoms. The lowest BCUT2D eigenvalue weighted by atomic mass is 10.1. The summed E-state index contributed by atoms with van der Waals surface area (Å²) in [6, 6.07) is 10.6. The van der Waals surface area contributed by atoms with E-state index in [0.29, 0.717) is 42.6 Å². The van der Waals surface area contributed by atoms with Crippen molar-refractivity contribution in [3.63, 3.8) is 0 Å².